The van der Waals surface area contributed by atoms with Gasteiger partial charge in [-0.05, 0) is 33.3 Å². The summed E-state index contributed by atoms with van der Waals surface area (Å²) >= 11 is 7.89. The number of aromatic nitrogens is 2. The third kappa shape index (κ3) is 3.75. The number of hydrogen-bond donors (Lipinski definition) is 1. The van der Waals surface area contributed by atoms with E-state index < -0.39 is 0 Å². The molecular weight excluding hydrogens is 278 g/mol. The highest BCUT2D eigenvalue weighted by Crippen LogP contribution is 2.32. The van der Waals surface area contributed by atoms with Crippen molar-refractivity contribution >= 4 is 22.9 Å². The lowest BCUT2D eigenvalue weighted by Gasteiger charge is -2.19. The monoisotopic (exact) mass is 295 g/mol. The third-order valence-electron chi connectivity index (χ3n) is 2.66. The summed E-state index contributed by atoms with van der Waals surface area (Å²) in [6.07, 6.45) is 0. The molecule has 0 unspecified atom stereocenters. The van der Waals surface area contributed by atoms with E-state index in [1.807, 2.05) is 25.1 Å². The summed E-state index contributed by atoms with van der Waals surface area (Å²) in [5.74, 6) is 0. The van der Waals surface area contributed by atoms with Crippen molar-refractivity contribution in [1.82, 2.24) is 15.5 Å². The van der Waals surface area contributed by atoms with Gasteiger partial charge in [0.25, 0.3) is 0 Å². The predicted octanol–water partition coefficient (Wildman–Crippen LogP) is 4.06. The summed E-state index contributed by atoms with van der Waals surface area (Å²) < 4.78 is 0. The fourth-order valence-corrected chi connectivity index (χ4v) is 2.67. The molecule has 3 nitrogen and oxygen atoms in total. The highest BCUT2D eigenvalue weighted by atomic mass is 35.5. The Labute approximate surface area is 123 Å². The number of nitrogens with zero attached hydrogens (tertiary/aromatic N) is 2. The van der Waals surface area contributed by atoms with Crippen LogP contribution in [0.1, 0.15) is 31.3 Å². The average Bonchev–Trinajstić information content (AvgIpc) is 2.78. The number of halogens is 1. The van der Waals surface area contributed by atoms with Gasteiger partial charge in [-0.25, -0.2) is 0 Å². The van der Waals surface area contributed by atoms with E-state index >= 15 is 0 Å². The van der Waals surface area contributed by atoms with Crippen molar-refractivity contribution in [3.05, 3.63) is 33.8 Å². The Bertz CT molecular complexity index is 572. The largest absolute Gasteiger partial charge is 0.306 e. The SMILES string of the molecule is Cc1cccc(-c2nnc(CNC(C)(C)C)s2)c1Cl. The Morgan fingerprint density at radius 2 is 2.00 bits per heavy atom. The molecule has 5 heteroatoms. The van der Waals surface area contributed by atoms with Gasteiger partial charge in [0.05, 0.1) is 11.6 Å². The first-order chi connectivity index (χ1) is 8.87. The Morgan fingerprint density at radius 1 is 1.26 bits per heavy atom. The van der Waals surface area contributed by atoms with Crippen LogP contribution in [0, 0.1) is 6.92 Å². The average molecular weight is 296 g/mol. The Kier molecular flexibility index (Phi) is 4.23. The van der Waals surface area contributed by atoms with Crippen LogP contribution in [0.3, 0.4) is 0 Å². The van der Waals surface area contributed by atoms with Crippen LogP contribution in [0.4, 0.5) is 0 Å². The van der Waals surface area contributed by atoms with Crippen molar-refractivity contribution < 1.29 is 0 Å². The molecule has 0 saturated carbocycles. The zero-order chi connectivity index (χ0) is 14.0. The van der Waals surface area contributed by atoms with Gasteiger partial charge in [-0.3, -0.25) is 0 Å². The van der Waals surface area contributed by atoms with Crippen molar-refractivity contribution in [2.45, 2.75) is 39.8 Å². The van der Waals surface area contributed by atoms with Crippen LogP contribution >= 0.6 is 22.9 Å². The van der Waals surface area contributed by atoms with Crippen molar-refractivity contribution in [1.29, 1.82) is 0 Å². The van der Waals surface area contributed by atoms with Crippen LogP contribution in [0.2, 0.25) is 5.02 Å². The summed E-state index contributed by atoms with van der Waals surface area (Å²) in [5.41, 5.74) is 2.09. The molecule has 0 spiro atoms. The minimum atomic E-state index is 0.0762. The van der Waals surface area contributed by atoms with Gasteiger partial charge in [0.1, 0.15) is 10.0 Å². The van der Waals surface area contributed by atoms with Crippen LogP contribution in [0.15, 0.2) is 18.2 Å². The van der Waals surface area contributed by atoms with Gasteiger partial charge in [-0.2, -0.15) is 0 Å². The number of aryl methyl sites for hydroxylation is 1. The highest BCUT2D eigenvalue weighted by Gasteiger charge is 2.13. The molecule has 2 rings (SSSR count). The summed E-state index contributed by atoms with van der Waals surface area (Å²) in [6.45, 7) is 9.12. The predicted molar refractivity (Wildman–Crippen MR) is 81.7 cm³/mol. The lowest BCUT2D eigenvalue weighted by atomic mass is 10.1. The molecule has 1 aromatic heterocycles. The second-order valence-corrected chi connectivity index (χ2v) is 6.98. The topological polar surface area (TPSA) is 37.8 Å². The fraction of sp³-hybridized carbons (Fsp3) is 0.429. The second-order valence-electron chi connectivity index (χ2n) is 5.54. The summed E-state index contributed by atoms with van der Waals surface area (Å²) in [7, 11) is 0. The smallest absolute Gasteiger partial charge is 0.149 e. The molecule has 1 heterocycles. The van der Waals surface area contributed by atoms with E-state index in [-0.39, 0.29) is 5.54 Å². The maximum absolute atomic E-state index is 6.31. The quantitative estimate of drug-likeness (QED) is 0.928. The molecule has 1 aromatic carbocycles. The normalized spacial score (nSPS) is 11.8. The number of nitrogens with one attached hydrogen (secondary N) is 1. The van der Waals surface area contributed by atoms with Gasteiger partial charge < -0.3 is 5.32 Å². The van der Waals surface area contributed by atoms with Gasteiger partial charge in [0, 0.05) is 11.1 Å². The lowest BCUT2D eigenvalue weighted by Crippen LogP contribution is -2.35. The van der Waals surface area contributed by atoms with Gasteiger partial charge in [0.2, 0.25) is 0 Å². The number of benzene rings is 1. The van der Waals surface area contributed by atoms with E-state index in [9.17, 15) is 0 Å². The minimum Gasteiger partial charge on any atom is -0.306 e. The molecule has 0 aliphatic carbocycles. The number of rotatable bonds is 3. The van der Waals surface area contributed by atoms with E-state index in [0.29, 0.717) is 0 Å². The first-order valence-electron chi connectivity index (χ1n) is 6.20. The minimum absolute atomic E-state index is 0.0762. The molecule has 2 aromatic rings. The Balaban J connectivity index is 2.19. The molecule has 0 amide bonds. The van der Waals surface area contributed by atoms with E-state index in [0.717, 1.165) is 32.7 Å². The molecule has 102 valence electrons. The number of hydrogen-bond acceptors (Lipinski definition) is 4. The maximum Gasteiger partial charge on any atom is 0.149 e. The molecule has 1 N–H and O–H groups in total. The van der Waals surface area contributed by atoms with Gasteiger partial charge in [0.15, 0.2) is 0 Å². The second kappa shape index (κ2) is 5.57. The van der Waals surface area contributed by atoms with Crippen molar-refractivity contribution in [3.63, 3.8) is 0 Å². The lowest BCUT2D eigenvalue weighted by molar-refractivity contribution is 0.423. The molecule has 19 heavy (non-hydrogen) atoms. The summed E-state index contributed by atoms with van der Waals surface area (Å²) in [4.78, 5) is 0. The molecule has 0 radical (unpaired) electrons. The Hall–Kier alpha value is -0.970. The zero-order valence-corrected chi connectivity index (χ0v) is 13.2. The molecule has 0 saturated heterocycles. The first-order valence-corrected chi connectivity index (χ1v) is 7.39. The van der Waals surface area contributed by atoms with Crippen LogP contribution in [-0.2, 0) is 6.54 Å². The summed E-state index contributed by atoms with van der Waals surface area (Å²) in [6, 6.07) is 5.97. The highest BCUT2D eigenvalue weighted by molar-refractivity contribution is 7.14. The summed E-state index contributed by atoms with van der Waals surface area (Å²) in [5, 5.41) is 14.5. The third-order valence-corrected chi connectivity index (χ3v) is 4.12. The van der Waals surface area contributed by atoms with E-state index in [2.05, 4.69) is 36.3 Å². The first kappa shape index (κ1) is 14.4. The van der Waals surface area contributed by atoms with E-state index in [1.54, 1.807) is 11.3 Å². The molecule has 0 aliphatic heterocycles. The fourth-order valence-electron chi connectivity index (χ4n) is 1.59. The molecule has 0 fully saturated rings. The van der Waals surface area contributed by atoms with E-state index in [4.69, 9.17) is 11.6 Å². The maximum atomic E-state index is 6.31. The molecule has 0 bridgehead atoms. The molecular formula is C14H18ClN3S. The van der Waals surface area contributed by atoms with Crippen LogP contribution in [0.5, 0.6) is 0 Å². The van der Waals surface area contributed by atoms with Crippen molar-refractivity contribution in [2.24, 2.45) is 0 Å². The van der Waals surface area contributed by atoms with Crippen molar-refractivity contribution in [3.8, 4) is 10.6 Å². The zero-order valence-electron chi connectivity index (χ0n) is 11.6. The van der Waals surface area contributed by atoms with Crippen LogP contribution in [-0.4, -0.2) is 15.7 Å². The van der Waals surface area contributed by atoms with Gasteiger partial charge in [-0.15, -0.1) is 10.2 Å². The Morgan fingerprint density at radius 3 is 2.68 bits per heavy atom. The van der Waals surface area contributed by atoms with Crippen LogP contribution in [0.25, 0.3) is 10.6 Å². The molecule has 0 aliphatic rings. The van der Waals surface area contributed by atoms with E-state index in [1.165, 1.54) is 0 Å². The standard InChI is InChI=1S/C14H18ClN3S/c1-9-6-5-7-10(12(9)15)13-18-17-11(19-13)8-16-14(2,3)4/h5-7,16H,8H2,1-4H3. The van der Waals surface area contributed by atoms with Crippen molar-refractivity contribution in [2.75, 3.05) is 0 Å². The van der Waals surface area contributed by atoms with Crippen LogP contribution < -0.4 is 5.32 Å². The van der Waals surface area contributed by atoms with Gasteiger partial charge in [-0.1, -0.05) is 41.1 Å². The van der Waals surface area contributed by atoms with Gasteiger partial charge >= 0.3 is 0 Å². The molecule has 0 atom stereocenters.